The molecule has 1 N–H and O–H groups in total. The van der Waals surface area contributed by atoms with Gasteiger partial charge in [0.15, 0.2) is 11.9 Å². The first kappa shape index (κ1) is 19.1. The van der Waals surface area contributed by atoms with E-state index in [9.17, 15) is 4.39 Å². The topological polar surface area (TPSA) is 70.8 Å². The molecule has 2 aromatic rings. The molecular weight excluding hydrogens is 342 g/mol. The molecule has 1 heterocycles. The molecule has 0 aliphatic rings. The third-order valence-corrected chi connectivity index (χ3v) is 3.23. The summed E-state index contributed by atoms with van der Waals surface area (Å²) in [4.78, 5) is 8.34. The van der Waals surface area contributed by atoms with Crippen LogP contribution in [0.2, 0.25) is 5.02 Å². The summed E-state index contributed by atoms with van der Waals surface area (Å²) in [5, 5.41) is 12.0. The Morgan fingerprint density at radius 1 is 1.39 bits per heavy atom. The van der Waals surface area contributed by atoms with Gasteiger partial charge in [0.05, 0.1) is 10.6 Å². The molecule has 0 amide bonds. The van der Waals surface area contributed by atoms with Crippen molar-refractivity contribution in [2.75, 3.05) is 13.6 Å². The molecule has 0 aliphatic heterocycles. The minimum absolute atomic E-state index is 0. The first-order valence-electron chi connectivity index (χ1n) is 6.63. The van der Waals surface area contributed by atoms with Crippen molar-refractivity contribution in [1.29, 1.82) is 5.26 Å². The number of ether oxygens (including phenoxy) is 1. The van der Waals surface area contributed by atoms with Gasteiger partial charge in [0.25, 0.3) is 0 Å². The fourth-order valence-electron chi connectivity index (χ4n) is 1.86. The van der Waals surface area contributed by atoms with Crippen LogP contribution in [-0.4, -0.2) is 23.6 Å². The second-order valence-electron chi connectivity index (χ2n) is 4.48. The summed E-state index contributed by atoms with van der Waals surface area (Å²) >= 11 is 5.77. The van der Waals surface area contributed by atoms with E-state index in [0.29, 0.717) is 18.8 Å². The van der Waals surface area contributed by atoms with Crippen LogP contribution in [0, 0.1) is 17.1 Å². The molecule has 0 spiro atoms. The van der Waals surface area contributed by atoms with E-state index in [1.54, 1.807) is 18.5 Å². The van der Waals surface area contributed by atoms with Crippen molar-refractivity contribution < 1.29 is 9.13 Å². The maximum atomic E-state index is 13.4. The van der Waals surface area contributed by atoms with Crippen molar-refractivity contribution in [1.82, 2.24) is 15.3 Å². The number of nitrogens with zero attached hydrogens (tertiary/aromatic N) is 3. The van der Waals surface area contributed by atoms with Gasteiger partial charge >= 0.3 is 0 Å². The SMILES string of the molecule is CNCCC(Oc1cc(Cl)c(F)cc1C#N)c1ncccn1.Cl. The summed E-state index contributed by atoms with van der Waals surface area (Å²) in [6.07, 6.45) is 3.34. The van der Waals surface area contributed by atoms with Crippen molar-refractivity contribution in [3.63, 3.8) is 0 Å². The summed E-state index contributed by atoms with van der Waals surface area (Å²) in [5.74, 6) is 0.0397. The van der Waals surface area contributed by atoms with E-state index in [1.165, 1.54) is 6.07 Å². The lowest BCUT2D eigenvalue weighted by Crippen LogP contribution is -2.18. The van der Waals surface area contributed by atoms with Gasteiger partial charge in [-0.25, -0.2) is 14.4 Å². The second kappa shape index (κ2) is 9.26. The molecule has 0 saturated carbocycles. The van der Waals surface area contributed by atoms with Crippen molar-refractivity contribution in [2.24, 2.45) is 0 Å². The van der Waals surface area contributed by atoms with Crippen LogP contribution in [0.5, 0.6) is 5.75 Å². The Labute approximate surface area is 144 Å². The highest BCUT2D eigenvalue weighted by Gasteiger charge is 2.19. The molecule has 0 bridgehead atoms. The Balaban J connectivity index is 0.00000264. The van der Waals surface area contributed by atoms with Gasteiger partial charge in [-0.2, -0.15) is 5.26 Å². The maximum absolute atomic E-state index is 13.4. The minimum atomic E-state index is -0.659. The van der Waals surface area contributed by atoms with E-state index in [1.807, 2.05) is 13.1 Å². The molecule has 23 heavy (non-hydrogen) atoms. The van der Waals surface area contributed by atoms with E-state index >= 15 is 0 Å². The summed E-state index contributed by atoms with van der Waals surface area (Å²) in [6.45, 7) is 0.666. The van der Waals surface area contributed by atoms with Crippen LogP contribution < -0.4 is 10.1 Å². The van der Waals surface area contributed by atoms with Crippen molar-refractivity contribution in [3.05, 3.63) is 52.8 Å². The Bertz CT molecular complexity index is 679. The highest BCUT2D eigenvalue weighted by molar-refractivity contribution is 6.30. The van der Waals surface area contributed by atoms with Crippen LogP contribution in [-0.2, 0) is 0 Å². The number of benzene rings is 1. The van der Waals surface area contributed by atoms with Crippen LogP contribution in [0.25, 0.3) is 0 Å². The Kier molecular flexibility index (Phi) is 7.69. The number of halogens is 3. The monoisotopic (exact) mass is 356 g/mol. The molecular formula is C15H15Cl2FN4O. The number of rotatable bonds is 6. The van der Waals surface area contributed by atoms with E-state index in [0.717, 1.165) is 6.07 Å². The van der Waals surface area contributed by atoms with Gasteiger partial charge in [-0.3, -0.25) is 0 Å². The predicted molar refractivity (Wildman–Crippen MR) is 87.3 cm³/mol. The molecule has 0 radical (unpaired) electrons. The summed E-state index contributed by atoms with van der Waals surface area (Å²) in [5.41, 5.74) is 0.0762. The fourth-order valence-corrected chi connectivity index (χ4v) is 2.01. The molecule has 5 nitrogen and oxygen atoms in total. The minimum Gasteiger partial charge on any atom is -0.481 e. The Morgan fingerprint density at radius 3 is 2.70 bits per heavy atom. The molecule has 122 valence electrons. The predicted octanol–water partition coefficient (Wildman–Crippen LogP) is 3.29. The fraction of sp³-hybridized carbons (Fsp3) is 0.267. The van der Waals surface area contributed by atoms with Crippen LogP contribution in [0.1, 0.15) is 23.9 Å². The largest absolute Gasteiger partial charge is 0.481 e. The van der Waals surface area contributed by atoms with Gasteiger partial charge in [-0.15, -0.1) is 12.4 Å². The number of hydrogen-bond acceptors (Lipinski definition) is 5. The van der Waals surface area contributed by atoms with Gasteiger partial charge in [0.2, 0.25) is 0 Å². The number of aromatic nitrogens is 2. The van der Waals surface area contributed by atoms with Gasteiger partial charge in [-0.1, -0.05) is 11.6 Å². The van der Waals surface area contributed by atoms with Crippen molar-refractivity contribution in [3.8, 4) is 11.8 Å². The van der Waals surface area contributed by atoms with Crippen LogP contribution in [0.3, 0.4) is 0 Å². The third kappa shape index (κ3) is 5.03. The average Bonchev–Trinajstić information content (AvgIpc) is 2.55. The smallest absolute Gasteiger partial charge is 0.169 e. The molecule has 1 atom stereocenters. The summed E-state index contributed by atoms with van der Waals surface area (Å²) in [7, 11) is 1.82. The summed E-state index contributed by atoms with van der Waals surface area (Å²) < 4.78 is 19.3. The van der Waals surface area contributed by atoms with Crippen molar-refractivity contribution >= 4 is 24.0 Å². The summed E-state index contributed by atoms with van der Waals surface area (Å²) in [6, 6.07) is 5.95. The number of nitrogens with one attached hydrogen (secondary N) is 1. The Morgan fingerprint density at radius 2 is 2.09 bits per heavy atom. The molecule has 0 fully saturated rings. The lowest BCUT2D eigenvalue weighted by molar-refractivity contribution is 0.184. The number of nitriles is 1. The van der Waals surface area contributed by atoms with Gasteiger partial charge < -0.3 is 10.1 Å². The van der Waals surface area contributed by atoms with E-state index in [4.69, 9.17) is 21.6 Å². The zero-order valence-corrected chi connectivity index (χ0v) is 13.9. The van der Waals surface area contributed by atoms with Crippen molar-refractivity contribution in [2.45, 2.75) is 12.5 Å². The first-order chi connectivity index (χ1) is 10.7. The molecule has 0 aliphatic carbocycles. The van der Waals surface area contributed by atoms with E-state index in [-0.39, 0.29) is 28.7 Å². The molecule has 1 aromatic heterocycles. The molecule has 1 unspecified atom stereocenters. The number of hydrogen-bond donors (Lipinski definition) is 1. The normalized spacial score (nSPS) is 11.2. The van der Waals surface area contributed by atoms with Gasteiger partial charge in [0.1, 0.15) is 17.6 Å². The van der Waals surface area contributed by atoms with Gasteiger partial charge in [0, 0.05) is 24.9 Å². The standard InChI is InChI=1S/C15H14ClFN4O.ClH/c1-19-6-3-13(15-20-4-2-5-21-15)22-14-8-11(16)12(17)7-10(14)9-18;/h2,4-5,7-8,13,19H,3,6H2,1H3;1H. The second-order valence-corrected chi connectivity index (χ2v) is 4.89. The molecule has 1 aromatic carbocycles. The van der Waals surface area contributed by atoms with Crippen LogP contribution >= 0.6 is 24.0 Å². The van der Waals surface area contributed by atoms with E-state index in [2.05, 4.69) is 15.3 Å². The maximum Gasteiger partial charge on any atom is 0.169 e. The van der Waals surface area contributed by atoms with Crippen LogP contribution in [0.15, 0.2) is 30.6 Å². The highest BCUT2D eigenvalue weighted by atomic mass is 35.5. The lowest BCUT2D eigenvalue weighted by atomic mass is 10.2. The zero-order chi connectivity index (χ0) is 15.9. The molecule has 2 rings (SSSR count). The third-order valence-electron chi connectivity index (χ3n) is 2.94. The quantitative estimate of drug-likeness (QED) is 0.859. The average molecular weight is 357 g/mol. The Hall–Kier alpha value is -1.94. The van der Waals surface area contributed by atoms with Gasteiger partial charge in [-0.05, 0) is 25.7 Å². The van der Waals surface area contributed by atoms with E-state index < -0.39 is 11.9 Å². The van der Waals surface area contributed by atoms with Crippen LogP contribution in [0.4, 0.5) is 4.39 Å². The highest BCUT2D eigenvalue weighted by Crippen LogP contribution is 2.30. The molecule has 0 saturated heterocycles. The first-order valence-corrected chi connectivity index (χ1v) is 7.00. The zero-order valence-electron chi connectivity index (χ0n) is 12.3. The lowest BCUT2D eigenvalue weighted by Gasteiger charge is -2.18. The molecule has 8 heteroatoms.